The van der Waals surface area contributed by atoms with Gasteiger partial charge in [-0.15, -0.1) is 0 Å². The number of carboxylic acids is 1. The molecule has 236 valence electrons. The van der Waals surface area contributed by atoms with Gasteiger partial charge in [0, 0.05) is 16.9 Å². The highest BCUT2D eigenvalue weighted by Gasteiger charge is 2.39. The second-order valence-electron chi connectivity index (χ2n) is 10.7. The van der Waals surface area contributed by atoms with E-state index < -0.39 is 47.7 Å². The molecule has 3 aromatic rings. The van der Waals surface area contributed by atoms with E-state index in [1.165, 1.54) is 47.7 Å². The van der Waals surface area contributed by atoms with Crippen LogP contribution in [0, 0.1) is 11.3 Å². The molecule has 1 aliphatic carbocycles. The number of nitrogens with zero attached hydrogens (tertiary/aromatic N) is 2. The largest absolute Gasteiger partial charge is 0.477 e. The zero-order chi connectivity index (χ0) is 32.8. The number of aliphatic carboxylic acids is 1. The lowest BCUT2D eigenvalue weighted by Gasteiger charge is -2.26. The summed E-state index contributed by atoms with van der Waals surface area (Å²) in [5.41, 5.74) is 0.0433. The third kappa shape index (κ3) is 8.35. The zero-order valence-corrected chi connectivity index (χ0v) is 23.8. The van der Waals surface area contributed by atoms with Crippen molar-refractivity contribution >= 4 is 29.3 Å². The summed E-state index contributed by atoms with van der Waals surface area (Å²) in [6, 6.07) is 16.4. The fourth-order valence-electron chi connectivity index (χ4n) is 5.10. The molecule has 0 spiro atoms. The molecule has 45 heavy (non-hydrogen) atoms. The third-order valence-corrected chi connectivity index (χ3v) is 7.56. The van der Waals surface area contributed by atoms with E-state index >= 15 is 0 Å². The maximum Gasteiger partial charge on any atom is 0.417 e. The molecule has 0 bridgehead atoms. The molecule has 3 N–H and O–H groups in total. The van der Waals surface area contributed by atoms with Gasteiger partial charge >= 0.3 is 24.1 Å². The number of hydrogen-bond donors (Lipinski definition) is 3. The number of hydrogen-bond acceptors (Lipinski definition) is 4. The maximum absolute atomic E-state index is 13.5. The van der Waals surface area contributed by atoms with E-state index in [1.807, 2.05) is 17.4 Å². The number of benzene rings is 3. The maximum atomic E-state index is 13.5. The Kier molecular flexibility index (Phi) is 10.1. The van der Waals surface area contributed by atoms with E-state index in [1.54, 1.807) is 12.1 Å². The van der Waals surface area contributed by atoms with Gasteiger partial charge in [0.05, 0.1) is 30.3 Å². The molecular weight excluding hydrogens is 599 g/mol. The zero-order valence-electron chi connectivity index (χ0n) is 23.8. The first-order valence-electron chi connectivity index (χ1n) is 14.1. The number of carboxylic acid groups (broad SMARTS) is 1. The second kappa shape index (κ2) is 13.8. The van der Waals surface area contributed by atoms with Crippen LogP contribution in [0.15, 0.2) is 66.7 Å². The first-order valence-corrected chi connectivity index (χ1v) is 14.1. The molecule has 8 nitrogen and oxygen atoms in total. The van der Waals surface area contributed by atoms with Gasteiger partial charge in [0.1, 0.15) is 0 Å². The highest BCUT2D eigenvalue weighted by atomic mass is 19.4. The average molecular weight is 629 g/mol. The summed E-state index contributed by atoms with van der Waals surface area (Å²) in [6.45, 7) is -1.49. The summed E-state index contributed by atoms with van der Waals surface area (Å²) in [7, 11) is 0. The summed E-state index contributed by atoms with van der Waals surface area (Å²) < 4.78 is 67.3. The van der Waals surface area contributed by atoms with Gasteiger partial charge in [-0.2, -0.15) is 27.2 Å². The number of alkyl halides is 5. The lowest BCUT2D eigenvalue weighted by molar-refractivity contribution is -0.163. The second-order valence-corrected chi connectivity index (χ2v) is 10.7. The Balaban J connectivity index is 1.57. The molecule has 0 saturated heterocycles. The van der Waals surface area contributed by atoms with Crippen LogP contribution in [0.25, 0.3) is 0 Å². The van der Waals surface area contributed by atoms with Crippen LogP contribution in [0.3, 0.4) is 0 Å². The Morgan fingerprint density at radius 3 is 2.13 bits per heavy atom. The van der Waals surface area contributed by atoms with Crippen molar-refractivity contribution in [2.24, 2.45) is 0 Å². The predicted molar refractivity (Wildman–Crippen MR) is 155 cm³/mol. The minimum absolute atomic E-state index is 0.0370. The Morgan fingerprint density at radius 1 is 0.911 bits per heavy atom. The number of carbonyl (C=O) groups is 3. The Labute approximate surface area is 255 Å². The van der Waals surface area contributed by atoms with Crippen LogP contribution < -0.4 is 15.5 Å². The molecule has 3 amide bonds. The number of nitrogens with one attached hydrogen (secondary N) is 2. The molecule has 1 saturated carbocycles. The molecule has 1 fully saturated rings. The number of rotatable bonds is 9. The highest BCUT2D eigenvalue weighted by Crippen LogP contribution is 2.35. The van der Waals surface area contributed by atoms with Crippen molar-refractivity contribution in [2.45, 2.75) is 56.7 Å². The molecule has 0 aromatic heterocycles. The van der Waals surface area contributed by atoms with Crippen LogP contribution in [0.5, 0.6) is 0 Å². The monoisotopic (exact) mass is 628 g/mol. The van der Waals surface area contributed by atoms with Crippen molar-refractivity contribution in [3.8, 4) is 6.07 Å². The summed E-state index contributed by atoms with van der Waals surface area (Å²) >= 11 is 0. The lowest BCUT2D eigenvalue weighted by atomic mass is 9.84. The van der Waals surface area contributed by atoms with E-state index in [2.05, 4.69) is 5.32 Å². The van der Waals surface area contributed by atoms with Crippen LogP contribution in [0.4, 0.5) is 38.1 Å². The van der Waals surface area contributed by atoms with Gasteiger partial charge < -0.3 is 15.7 Å². The SMILES string of the molecule is N#Cc1ccc(NC(=O)N(Cc2ccc(C(=O)NCC(F)(F)C(=O)O)cc2)c2ccc(C3CCCCC3)cc2)cc1C(F)(F)F. The van der Waals surface area contributed by atoms with Crippen molar-refractivity contribution in [1.82, 2.24) is 5.32 Å². The van der Waals surface area contributed by atoms with Gasteiger partial charge in [-0.3, -0.25) is 9.69 Å². The fraction of sp³-hybridized carbons (Fsp3) is 0.312. The van der Waals surface area contributed by atoms with E-state index in [4.69, 9.17) is 10.4 Å². The lowest BCUT2D eigenvalue weighted by Crippen LogP contribution is -2.42. The smallest absolute Gasteiger partial charge is 0.417 e. The summed E-state index contributed by atoms with van der Waals surface area (Å²) in [6.07, 6.45) is 0.722. The number of urea groups is 1. The minimum Gasteiger partial charge on any atom is -0.477 e. The van der Waals surface area contributed by atoms with Gasteiger partial charge in [0.2, 0.25) is 0 Å². The van der Waals surface area contributed by atoms with Crippen molar-refractivity contribution in [2.75, 3.05) is 16.8 Å². The molecule has 4 rings (SSSR count). The molecule has 0 atom stereocenters. The Hall–Kier alpha value is -4.99. The molecule has 3 aromatic carbocycles. The van der Waals surface area contributed by atoms with Gasteiger partial charge in [0.15, 0.2) is 0 Å². The average Bonchev–Trinajstić information content (AvgIpc) is 3.02. The van der Waals surface area contributed by atoms with Gasteiger partial charge in [0.25, 0.3) is 5.91 Å². The summed E-state index contributed by atoms with van der Waals surface area (Å²) in [4.78, 5) is 37.7. The number of amides is 3. The minimum atomic E-state index is -4.82. The number of anilines is 2. The quantitative estimate of drug-likeness (QED) is 0.215. The molecule has 0 unspecified atom stereocenters. The molecular formula is C32H29F5N4O4. The van der Waals surface area contributed by atoms with Gasteiger partial charge in [-0.25, -0.2) is 9.59 Å². The van der Waals surface area contributed by atoms with Crippen LogP contribution in [-0.2, 0) is 17.5 Å². The van der Waals surface area contributed by atoms with E-state index in [0.29, 0.717) is 23.2 Å². The van der Waals surface area contributed by atoms with Crippen molar-refractivity contribution in [3.05, 3.63) is 94.5 Å². The molecule has 13 heteroatoms. The van der Waals surface area contributed by atoms with E-state index in [9.17, 15) is 36.3 Å². The standard InChI is InChI=1S/C32H29F5N4O4/c33-31(34,29(43)44)19-39-28(42)23-8-6-20(7-9-23)18-41(26-14-11-22(12-15-26)21-4-2-1-3-5-21)30(45)40-25-13-10-24(17-38)27(16-25)32(35,36)37/h6-16,21H,1-5,18-19H2,(H,39,42)(H,40,45)(H,43,44). The topological polar surface area (TPSA) is 123 Å². The van der Waals surface area contributed by atoms with E-state index in [-0.39, 0.29) is 17.8 Å². The number of halogens is 5. The van der Waals surface area contributed by atoms with Crippen LogP contribution in [0.2, 0.25) is 0 Å². The van der Waals surface area contributed by atoms with Crippen LogP contribution >= 0.6 is 0 Å². The first kappa shape index (κ1) is 32.9. The Morgan fingerprint density at radius 2 is 1.56 bits per heavy atom. The summed E-state index contributed by atoms with van der Waals surface area (Å²) in [5.74, 6) is -7.06. The molecule has 0 heterocycles. The van der Waals surface area contributed by atoms with Crippen LogP contribution in [0.1, 0.15) is 70.6 Å². The molecule has 1 aliphatic rings. The summed E-state index contributed by atoms with van der Waals surface area (Å²) in [5, 5.41) is 21.9. The number of carbonyl (C=O) groups excluding carboxylic acids is 2. The van der Waals surface area contributed by atoms with Gasteiger partial charge in [-0.1, -0.05) is 43.5 Å². The highest BCUT2D eigenvalue weighted by molar-refractivity contribution is 6.02. The normalized spacial score (nSPS) is 13.9. The van der Waals surface area contributed by atoms with Gasteiger partial charge in [-0.05, 0) is 72.4 Å². The Bertz CT molecular complexity index is 1580. The van der Waals surface area contributed by atoms with E-state index in [0.717, 1.165) is 37.3 Å². The third-order valence-electron chi connectivity index (χ3n) is 7.56. The first-order chi connectivity index (χ1) is 21.3. The predicted octanol–water partition coefficient (Wildman–Crippen LogP) is 7.31. The molecule has 0 aliphatic heterocycles. The van der Waals surface area contributed by atoms with Crippen molar-refractivity contribution < 1.29 is 41.4 Å². The fourth-order valence-corrected chi connectivity index (χ4v) is 5.10. The van der Waals surface area contributed by atoms with Crippen LogP contribution in [-0.4, -0.2) is 35.5 Å². The number of nitriles is 1. The van der Waals surface area contributed by atoms with Crippen molar-refractivity contribution in [1.29, 1.82) is 5.26 Å². The molecule has 0 radical (unpaired) electrons. The van der Waals surface area contributed by atoms with Crippen molar-refractivity contribution in [3.63, 3.8) is 0 Å².